The molecule has 2 aliphatic carbocycles. The van der Waals surface area contributed by atoms with Gasteiger partial charge in [0.05, 0.1) is 0 Å². The molecular formula is C38H52. The Morgan fingerprint density at radius 2 is 0.684 bits per heavy atom. The smallest absolute Gasteiger partial charge is 0.00301 e. The van der Waals surface area contributed by atoms with Crippen LogP contribution in [0.4, 0.5) is 0 Å². The fourth-order valence-corrected chi connectivity index (χ4v) is 7.16. The number of fused-ring (bicyclic) bond motifs is 2. The summed E-state index contributed by atoms with van der Waals surface area (Å²) in [6, 6.07) is 46.1. The van der Waals surface area contributed by atoms with E-state index in [9.17, 15) is 0 Å². The van der Waals surface area contributed by atoms with E-state index in [1.807, 2.05) is 36.4 Å². The first-order valence-electron chi connectivity index (χ1n) is 12.8. The molecule has 0 spiro atoms. The van der Waals surface area contributed by atoms with Crippen molar-refractivity contribution in [3.05, 3.63) is 144 Å². The van der Waals surface area contributed by atoms with Crippen molar-refractivity contribution < 1.29 is 0 Å². The summed E-state index contributed by atoms with van der Waals surface area (Å²) in [6.07, 6.45) is 7.75. The molecule has 2 fully saturated rings. The number of hydrogen-bond acceptors (Lipinski definition) is 0. The van der Waals surface area contributed by atoms with Crippen molar-refractivity contribution >= 4 is 0 Å². The van der Waals surface area contributed by atoms with Gasteiger partial charge in [-0.2, -0.15) is 0 Å². The highest BCUT2D eigenvalue weighted by molar-refractivity contribution is 5.40. The van der Waals surface area contributed by atoms with Crippen molar-refractivity contribution in [3.63, 3.8) is 0 Å². The SMILES string of the molecule is C.C.C.C.CC1(c2ccccc2)CC2(c3ccccc3)CCCC(c3ccccc3)(C1)C2.c1ccccc1. The van der Waals surface area contributed by atoms with Crippen molar-refractivity contribution in [1.82, 2.24) is 0 Å². The summed E-state index contributed by atoms with van der Waals surface area (Å²) in [5.74, 6) is 0. The van der Waals surface area contributed by atoms with Crippen LogP contribution >= 0.6 is 0 Å². The van der Waals surface area contributed by atoms with Gasteiger partial charge in [-0.15, -0.1) is 0 Å². The molecule has 0 radical (unpaired) electrons. The first-order chi connectivity index (χ1) is 16.6. The van der Waals surface area contributed by atoms with E-state index >= 15 is 0 Å². The summed E-state index contributed by atoms with van der Waals surface area (Å²) in [5.41, 5.74) is 5.37. The largest absolute Gasteiger partial charge is 0.0776 e. The van der Waals surface area contributed by atoms with Crippen LogP contribution in [-0.2, 0) is 16.2 Å². The minimum absolute atomic E-state index is 0. The Balaban J connectivity index is 0.000000644. The van der Waals surface area contributed by atoms with Crippen LogP contribution in [0.2, 0.25) is 0 Å². The predicted octanol–water partition coefficient (Wildman–Crippen LogP) is 11.4. The van der Waals surface area contributed by atoms with Crippen LogP contribution in [-0.4, -0.2) is 0 Å². The van der Waals surface area contributed by atoms with E-state index in [-0.39, 0.29) is 46.0 Å². The summed E-state index contributed by atoms with van der Waals surface area (Å²) in [6.45, 7) is 2.53. The van der Waals surface area contributed by atoms with Crippen molar-refractivity contribution in [2.75, 3.05) is 0 Å². The van der Waals surface area contributed by atoms with Crippen molar-refractivity contribution in [2.45, 2.75) is 91.4 Å². The summed E-state index contributed by atoms with van der Waals surface area (Å²) >= 11 is 0. The van der Waals surface area contributed by atoms with Gasteiger partial charge in [-0.1, -0.05) is 170 Å². The lowest BCUT2D eigenvalue weighted by Gasteiger charge is -2.59. The zero-order chi connectivity index (χ0) is 23.3. The second-order valence-electron chi connectivity index (χ2n) is 10.8. The van der Waals surface area contributed by atoms with Gasteiger partial charge in [-0.3, -0.25) is 0 Å². The number of rotatable bonds is 3. The molecule has 4 aromatic rings. The molecule has 0 aromatic heterocycles. The zero-order valence-electron chi connectivity index (χ0n) is 20.4. The lowest BCUT2D eigenvalue weighted by molar-refractivity contribution is 0.0584. The standard InChI is InChI=1S/C28H30.C6H6.4CH4/c1-26(23-12-5-2-6-13-23)20-27(24-14-7-3-8-15-24)18-11-19-28(21-26,22-27)25-16-9-4-10-17-25;1-2-4-6-5-3-1;;;;/h2-10,12-17H,11,18-22H2,1H3;1-6H;4*1H4. The fourth-order valence-electron chi connectivity index (χ4n) is 7.16. The first kappa shape index (κ1) is 32.9. The van der Waals surface area contributed by atoms with E-state index in [1.54, 1.807) is 11.1 Å². The molecule has 2 bridgehead atoms. The normalized spacial score (nSPS) is 24.9. The van der Waals surface area contributed by atoms with Gasteiger partial charge < -0.3 is 0 Å². The minimum Gasteiger partial charge on any atom is -0.0776 e. The summed E-state index contributed by atoms with van der Waals surface area (Å²) in [5, 5.41) is 0. The first-order valence-corrected chi connectivity index (χ1v) is 12.8. The Hall–Kier alpha value is -3.12. The van der Waals surface area contributed by atoms with Crippen molar-refractivity contribution in [1.29, 1.82) is 0 Å². The Kier molecular flexibility index (Phi) is 12.3. The van der Waals surface area contributed by atoms with E-state index in [4.69, 9.17) is 0 Å². The molecule has 2 unspecified atom stereocenters. The Labute approximate surface area is 235 Å². The average Bonchev–Trinajstić information content (AvgIpc) is 2.91. The zero-order valence-corrected chi connectivity index (χ0v) is 20.4. The van der Waals surface area contributed by atoms with Gasteiger partial charge >= 0.3 is 0 Å². The van der Waals surface area contributed by atoms with Crippen LogP contribution in [0.1, 0.15) is 91.8 Å². The molecule has 4 aromatic carbocycles. The van der Waals surface area contributed by atoms with Gasteiger partial charge in [0.25, 0.3) is 0 Å². The average molecular weight is 509 g/mol. The second kappa shape index (κ2) is 14.1. The Morgan fingerprint density at radius 1 is 0.395 bits per heavy atom. The van der Waals surface area contributed by atoms with Gasteiger partial charge in [0.15, 0.2) is 0 Å². The topological polar surface area (TPSA) is 0 Å². The molecule has 0 aliphatic heterocycles. The molecule has 204 valence electrons. The molecule has 0 amide bonds. The third-order valence-electron chi connectivity index (χ3n) is 8.35. The minimum atomic E-state index is 0. The quantitative estimate of drug-likeness (QED) is 0.258. The van der Waals surface area contributed by atoms with Crippen LogP contribution in [0.5, 0.6) is 0 Å². The molecule has 6 rings (SSSR count). The maximum Gasteiger partial charge on any atom is -0.00301 e. The molecule has 0 heterocycles. The molecule has 0 saturated heterocycles. The van der Waals surface area contributed by atoms with Gasteiger partial charge in [0.2, 0.25) is 0 Å². The molecule has 38 heavy (non-hydrogen) atoms. The predicted molar refractivity (Wildman–Crippen MR) is 171 cm³/mol. The molecule has 2 saturated carbocycles. The molecule has 0 heteroatoms. The van der Waals surface area contributed by atoms with Crippen molar-refractivity contribution in [2.24, 2.45) is 0 Å². The summed E-state index contributed by atoms with van der Waals surface area (Å²) in [4.78, 5) is 0. The highest BCUT2D eigenvalue weighted by Gasteiger charge is 2.56. The van der Waals surface area contributed by atoms with Crippen LogP contribution in [0.15, 0.2) is 127 Å². The molecule has 0 nitrogen and oxygen atoms in total. The lowest BCUT2D eigenvalue weighted by Crippen LogP contribution is -2.53. The third kappa shape index (κ3) is 6.65. The summed E-state index contributed by atoms with van der Waals surface area (Å²) < 4.78 is 0. The van der Waals surface area contributed by atoms with Crippen LogP contribution in [0.3, 0.4) is 0 Å². The highest BCUT2D eigenvalue weighted by atomic mass is 14.6. The Morgan fingerprint density at radius 3 is 1.03 bits per heavy atom. The van der Waals surface area contributed by atoms with Gasteiger partial charge in [0, 0.05) is 0 Å². The molecule has 0 N–H and O–H groups in total. The van der Waals surface area contributed by atoms with Crippen LogP contribution < -0.4 is 0 Å². The second-order valence-corrected chi connectivity index (χ2v) is 10.8. The maximum atomic E-state index is 2.53. The highest BCUT2D eigenvalue weighted by Crippen LogP contribution is 2.63. The van der Waals surface area contributed by atoms with Gasteiger partial charge in [0.1, 0.15) is 0 Å². The molecule has 2 aliphatic rings. The molecular weight excluding hydrogens is 456 g/mol. The van der Waals surface area contributed by atoms with E-state index in [0.717, 1.165) is 0 Å². The van der Waals surface area contributed by atoms with Gasteiger partial charge in [-0.25, -0.2) is 0 Å². The Bertz CT molecular complexity index is 1060. The summed E-state index contributed by atoms with van der Waals surface area (Å²) in [7, 11) is 0. The van der Waals surface area contributed by atoms with E-state index < -0.39 is 0 Å². The van der Waals surface area contributed by atoms with Crippen LogP contribution in [0, 0.1) is 0 Å². The van der Waals surface area contributed by atoms with E-state index in [2.05, 4.69) is 97.9 Å². The lowest BCUT2D eigenvalue weighted by atomic mass is 9.44. The maximum absolute atomic E-state index is 2.53. The van der Waals surface area contributed by atoms with Gasteiger partial charge in [-0.05, 0) is 65.0 Å². The van der Waals surface area contributed by atoms with Crippen LogP contribution in [0.25, 0.3) is 0 Å². The van der Waals surface area contributed by atoms with Crippen molar-refractivity contribution in [3.8, 4) is 0 Å². The monoisotopic (exact) mass is 508 g/mol. The number of benzene rings is 4. The van der Waals surface area contributed by atoms with E-state index in [0.29, 0.717) is 0 Å². The number of hydrogen-bond donors (Lipinski definition) is 0. The fraction of sp³-hybridized carbons (Fsp3) is 0.368. The third-order valence-corrected chi connectivity index (χ3v) is 8.35. The van der Waals surface area contributed by atoms with E-state index in [1.165, 1.54) is 44.1 Å². The molecule has 2 atom stereocenters.